The number of hydrogen-bond donors (Lipinski definition) is 1. The molecule has 3 heterocycles. The van der Waals surface area contributed by atoms with Gasteiger partial charge in [-0.05, 0) is 56.6 Å². The lowest BCUT2D eigenvalue weighted by atomic mass is 10.1. The smallest absolute Gasteiger partial charge is 0.244 e. The number of piperazine rings is 1. The molecule has 0 radical (unpaired) electrons. The average molecular weight is 569 g/mol. The third-order valence-corrected chi connectivity index (χ3v) is 9.62. The quantitative estimate of drug-likeness (QED) is 0.270. The summed E-state index contributed by atoms with van der Waals surface area (Å²) in [4.78, 5) is 25.0. The van der Waals surface area contributed by atoms with Crippen LogP contribution in [-0.2, 0) is 21.4 Å². The van der Waals surface area contributed by atoms with Gasteiger partial charge in [0.15, 0.2) is 0 Å². The van der Waals surface area contributed by atoms with E-state index in [1.165, 1.54) is 17.1 Å². The summed E-state index contributed by atoms with van der Waals surface area (Å²) in [5.41, 5.74) is 3.27. The van der Waals surface area contributed by atoms with Gasteiger partial charge in [-0.25, -0.2) is 13.4 Å². The predicted octanol–water partition coefficient (Wildman–Crippen LogP) is 5.14. The lowest BCUT2D eigenvalue weighted by Gasteiger charge is -2.39. The van der Waals surface area contributed by atoms with Crippen molar-refractivity contribution in [1.29, 1.82) is 0 Å². The van der Waals surface area contributed by atoms with Gasteiger partial charge in [-0.15, -0.1) is 0 Å². The largest absolute Gasteiger partial charge is 0.325 e. The average Bonchev–Trinajstić information content (AvgIpc) is 3.33. The topological polar surface area (TPSA) is 100 Å². The molecule has 1 aliphatic heterocycles. The van der Waals surface area contributed by atoms with Crippen LogP contribution in [0.1, 0.15) is 65.7 Å². The van der Waals surface area contributed by atoms with Gasteiger partial charge in [-0.1, -0.05) is 46.0 Å². The predicted molar refractivity (Wildman–Crippen MR) is 162 cm³/mol. The number of rotatable bonds is 14. The van der Waals surface area contributed by atoms with E-state index in [4.69, 9.17) is 4.98 Å². The minimum absolute atomic E-state index is 0.0820. The Labute approximate surface area is 239 Å². The number of pyridine rings is 1. The lowest BCUT2D eigenvalue weighted by Crippen LogP contribution is -2.59. The molecule has 0 unspecified atom stereocenters. The van der Waals surface area contributed by atoms with E-state index < -0.39 is 16.1 Å². The van der Waals surface area contributed by atoms with Gasteiger partial charge in [0, 0.05) is 49.8 Å². The molecule has 1 fully saturated rings. The Morgan fingerprint density at radius 2 is 1.82 bits per heavy atom. The Balaban J connectivity index is 1.55. The molecule has 2 aromatic heterocycles. The fourth-order valence-electron chi connectivity index (χ4n) is 5.46. The summed E-state index contributed by atoms with van der Waals surface area (Å²) >= 11 is 0. The second-order valence-corrected chi connectivity index (χ2v) is 12.7. The number of anilines is 1. The Morgan fingerprint density at radius 3 is 2.55 bits per heavy atom. The number of aromatic nitrogens is 3. The maximum atomic E-state index is 13.7. The number of fused-ring (bicyclic) bond motifs is 1. The second kappa shape index (κ2) is 14.2. The van der Waals surface area contributed by atoms with E-state index in [2.05, 4.69) is 40.5 Å². The highest BCUT2D eigenvalue weighted by Gasteiger charge is 2.39. The maximum Gasteiger partial charge on any atom is 0.244 e. The molecule has 218 valence electrons. The van der Waals surface area contributed by atoms with Crippen LogP contribution in [0, 0.1) is 0 Å². The zero-order valence-electron chi connectivity index (χ0n) is 24.2. The highest BCUT2D eigenvalue weighted by molar-refractivity contribution is 7.89. The molecule has 4 rings (SSSR count). The number of aryl methyl sites for hydroxylation is 1. The molecule has 9 nitrogen and oxygen atoms in total. The van der Waals surface area contributed by atoms with Crippen molar-refractivity contribution in [2.24, 2.45) is 0 Å². The Hall–Kier alpha value is -2.82. The summed E-state index contributed by atoms with van der Waals surface area (Å²) in [6, 6.07) is 8.80. The first-order valence-corrected chi connectivity index (χ1v) is 16.4. The lowest BCUT2D eigenvalue weighted by molar-refractivity contribution is -0.121. The summed E-state index contributed by atoms with van der Waals surface area (Å²) in [6.45, 7) is 9.34. The number of hydrogen-bond acceptors (Lipinski definition) is 6. The summed E-state index contributed by atoms with van der Waals surface area (Å²) in [5, 5.41) is 3.02. The van der Waals surface area contributed by atoms with Crippen LogP contribution in [0.15, 0.2) is 42.7 Å². The van der Waals surface area contributed by atoms with Crippen LogP contribution in [0.25, 0.3) is 22.4 Å². The SMILES string of the molecule is CCCCCCN1CCN(S(=O)(=O)CCCCC)[C@H](C(=O)Nc2ccc3c(c2)nc(-c2cccnc2)n3CC)C1. The van der Waals surface area contributed by atoms with Crippen LogP contribution in [0.4, 0.5) is 5.69 Å². The molecular weight excluding hydrogens is 524 g/mol. The minimum Gasteiger partial charge on any atom is -0.325 e. The molecule has 1 aliphatic rings. The fraction of sp³-hybridized carbons (Fsp3) is 0.567. The van der Waals surface area contributed by atoms with Crippen molar-refractivity contribution >= 4 is 32.7 Å². The van der Waals surface area contributed by atoms with E-state index in [0.29, 0.717) is 31.7 Å². The van der Waals surface area contributed by atoms with Crippen molar-refractivity contribution < 1.29 is 13.2 Å². The molecular formula is C30H44N6O3S. The van der Waals surface area contributed by atoms with Gasteiger partial charge in [-0.3, -0.25) is 14.7 Å². The molecule has 0 spiro atoms. The van der Waals surface area contributed by atoms with E-state index in [9.17, 15) is 13.2 Å². The number of carbonyl (C=O) groups is 1. The van der Waals surface area contributed by atoms with E-state index >= 15 is 0 Å². The van der Waals surface area contributed by atoms with Gasteiger partial charge in [0.2, 0.25) is 15.9 Å². The number of unbranched alkanes of at least 4 members (excludes halogenated alkanes) is 5. The van der Waals surface area contributed by atoms with E-state index in [-0.39, 0.29) is 11.7 Å². The molecule has 0 bridgehead atoms. The van der Waals surface area contributed by atoms with Crippen molar-refractivity contribution in [3.8, 4) is 11.4 Å². The van der Waals surface area contributed by atoms with Crippen molar-refractivity contribution in [2.75, 3.05) is 37.2 Å². The maximum absolute atomic E-state index is 13.7. The summed E-state index contributed by atoms with van der Waals surface area (Å²) in [7, 11) is -3.54. The van der Waals surface area contributed by atoms with Gasteiger partial charge in [0.25, 0.3) is 0 Å². The second-order valence-electron chi connectivity index (χ2n) is 10.6. The number of sulfonamides is 1. The van der Waals surface area contributed by atoms with Crippen LogP contribution < -0.4 is 5.32 Å². The number of benzene rings is 1. The van der Waals surface area contributed by atoms with Crippen LogP contribution in [0.2, 0.25) is 0 Å². The van der Waals surface area contributed by atoms with Gasteiger partial charge in [0.05, 0.1) is 16.8 Å². The first-order valence-electron chi connectivity index (χ1n) is 14.8. The van der Waals surface area contributed by atoms with Crippen molar-refractivity contribution in [3.05, 3.63) is 42.7 Å². The van der Waals surface area contributed by atoms with Gasteiger partial charge in [-0.2, -0.15) is 4.31 Å². The minimum atomic E-state index is -3.54. The summed E-state index contributed by atoms with van der Waals surface area (Å²) in [5.74, 6) is 0.613. The highest BCUT2D eigenvalue weighted by Crippen LogP contribution is 2.27. The zero-order valence-corrected chi connectivity index (χ0v) is 25.0. The number of nitrogens with one attached hydrogen (secondary N) is 1. The molecule has 0 aliphatic carbocycles. The zero-order chi connectivity index (χ0) is 28.5. The van der Waals surface area contributed by atoms with Gasteiger partial charge >= 0.3 is 0 Å². The fourth-order valence-corrected chi connectivity index (χ4v) is 7.17. The summed E-state index contributed by atoms with van der Waals surface area (Å²) < 4.78 is 30.2. The van der Waals surface area contributed by atoms with Crippen molar-refractivity contribution in [1.82, 2.24) is 23.7 Å². The Bertz CT molecular complexity index is 1360. The van der Waals surface area contributed by atoms with Crippen LogP contribution in [0.5, 0.6) is 0 Å². The third-order valence-electron chi connectivity index (χ3n) is 7.66. The molecule has 3 aromatic rings. The molecule has 1 atom stereocenters. The summed E-state index contributed by atoms with van der Waals surface area (Å²) in [6.07, 6.45) is 10.5. The molecule has 10 heteroatoms. The standard InChI is InChI=1S/C30H44N6O3S/c1-4-7-9-10-17-34-18-19-36(40(38,39)20-11-8-5-2)28(23-34)30(37)32-25-14-15-27-26(21-25)33-29(35(27)6-3)24-13-12-16-31-22-24/h12-16,21-22,28H,4-11,17-20,23H2,1-3H3,(H,32,37)/t28-/m0/s1. The van der Waals surface area contributed by atoms with Crippen molar-refractivity contribution in [2.45, 2.75) is 78.3 Å². The molecule has 1 saturated heterocycles. The van der Waals surface area contributed by atoms with E-state index in [1.807, 2.05) is 30.3 Å². The van der Waals surface area contributed by atoms with E-state index in [1.54, 1.807) is 12.4 Å². The third kappa shape index (κ3) is 7.27. The van der Waals surface area contributed by atoms with Crippen LogP contribution in [0.3, 0.4) is 0 Å². The van der Waals surface area contributed by atoms with Gasteiger partial charge < -0.3 is 9.88 Å². The monoisotopic (exact) mass is 568 g/mol. The first kappa shape index (κ1) is 30.1. The van der Waals surface area contributed by atoms with Crippen LogP contribution in [-0.4, -0.2) is 76.0 Å². The van der Waals surface area contributed by atoms with Gasteiger partial charge in [0.1, 0.15) is 11.9 Å². The number of amides is 1. The molecule has 0 saturated carbocycles. The molecule has 1 N–H and O–H groups in total. The molecule has 1 amide bonds. The number of nitrogens with zero attached hydrogens (tertiary/aromatic N) is 5. The first-order chi connectivity index (χ1) is 19.4. The van der Waals surface area contributed by atoms with Crippen LogP contribution >= 0.6 is 0 Å². The van der Waals surface area contributed by atoms with E-state index in [0.717, 1.165) is 61.2 Å². The van der Waals surface area contributed by atoms with Crippen molar-refractivity contribution in [3.63, 3.8) is 0 Å². The number of imidazole rings is 1. The molecule has 1 aromatic carbocycles. The Kier molecular flexibility index (Phi) is 10.7. The normalized spacial score (nSPS) is 16.9. The molecule has 40 heavy (non-hydrogen) atoms. The Morgan fingerprint density at radius 1 is 1.02 bits per heavy atom. The number of carbonyl (C=O) groups excluding carboxylic acids is 1. The highest BCUT2D eigenvalue weighted by atomic mass is 32.2.